The van der Waals surface area contributed by atoms with Gasteiger partial charge in [-0.2, -0.15) is 0 Å². The Kier molecular flexibility index (Phi) is 5.16. The highest BCUT2D eigenvalue weighted by Crippen LogP contribution is 2.46. The number of sulfonamides is 1. The number of hydrogen-bond donors (Lipinski definition) is 0. The van der Waals surface area contributed by atoms with Gasteiger partial charge in [-0.3, -0.25) is 14.4 Å². The summed E-state index contributed by atoms with van der Waals surface area (Å²) in [5, 5.41) is 0. The van der Waals surface area contributed by atoms with E-state index in [-0.39, 0.29) is 23.5 Å². The first-order valence-electron chi connectivity index (χ1n) is 8.65. The number of benzene rings is 1. The van der Waals surface area contributed by atoms with Crippen LogP contribution in [-0.2, 0) is 33.9 Å². The Hall–Kier alpha value is -2.52. The molecule has 1 aromatic rings. The van der Waals surface area contributed by atoms with E-state index in [0.717, 1.165) is 11.6 Å². The zero-order chi connectivity index (χ0) is 20.7. The lowest BCUT2D eigenvalue weighted by Crippen LogP contribution is -2.65. The third-order valence-electron chi connectivity index (χ3n) is 5.32. The molecule has 1 fully saturated rings. The van der Waals surface area contributed by atoms with Crippen LogP contribution in [-0.4, -0.2) is 56.7 Å². The molecule has 1 aliphatic heterocycles. The van der Waals surface area contributed by atoms with E-state index in [1.807, 2.05) is 0 Å². The summed E-state index contributed by atoms with van der Waals surface area (Å²) in [6.45, 7) is 1.80. The summed E-state index contributed by atoms with van der Waals surface area (Å²) in [4.78, 5) is 37.6. The molecule has 28 heavy (non-hydrogen) atoms. The minimum Gasteiger partial charge on any atom is -0.468 e. The molecule has 1 aromatic carbocycles. The molecule has 1 heterocycles. The van der Waals surface area contributed by atoms with Crippen molar-refractivity contribution in [3.05, 3.63) is 42.0 Å². The number of fused-ring (bicyclic) bond motifs is 1. The molecule has 0 aromatic heterocycles. The van der Waals surface area contributed by atoms with E-state index in [4.69, 9.17) is 9.47 Å². The van der Waals surface area contributed by atoms with E-state index in [1.54, 1.807) is 19.1 Å². The fraction of sp³-hybridized carbons (Fsp3) is 0.421. The summed E-state index contributed by atoms with van der Waals surface area (Å²) in [5.41, 5.74) is -0.747. The topological polar surface area (TPSA) is 107 Å². The number of aryl methyl sites for hydroxylation is 1. The highest BCUT2D eigenvalue weighted by Gasteiger charge is 2.61. The number of nitrogens with zero attached hydrogens (tertiary/aromatic N) is 1. The van der Waals surface area contributed by atoms with Gasteiger partial charge in [-0.05, 0) is 19.1 Å². The van der Waals surface area contributed by atoms with Crippen molar-refractivity contribution < 1.29 is 32.3 Å². The molecular weight excluding hydrogens is 386 g/mol. The maximum atomic E-state index is 13.3. The fourth-order valence-electron chi connectivity index (χ4n) is 3.89. The van der Waals surface area contributed by atoms with Crippen LogP contribution in [0, 0.1) is 12.3 Å². The maximum Gasteiger partial charge on any atom is 0.320 e. The third kappa shape index (κ3) is 2.94. The highest BCUT2D eigenvalue weighted by molar-refractivity contribution is 7.89. The molecule has 2 aliphatic rings. The van der Waals surface area contributed by atoms with Crippen molar-refractivity contribution in [1.82, 2.24) is 4.31 Å². The van der Waals surface area contributed by atoms with Gasteiger partial charge in [-0.1, -0.05) is 23.8 Å². The van der Waals surface area contributed by atoms with E-state index < -0.39 is 39.5 Å². The van der Waals surface area contributed by atoms with Gasteiger partial charge in [-0.15, -0.1) is 0 Å². The molecule has 1 aliphatic carbocycles. The summed E-state index contributed by atoms with van der Waals surface area (Å²) < 4.78 is 37.5. The lowest BCUT2D eigenvalue weighted by Gasteiger charge is -2.49. The lowest BCUT2D eigenvalue weighted by molar-refractivity contribution is -0.169. The number of carbonyl (C=O) groups excluding carboxylic acids is 3. The van der Waals surface area contributed by atoms with Gasteiger partial charge in [0.15, 0.2) is 0 Å². The standard InChI is InChI=1S/C19H21NO7S/c1-12-4-6-14(7-5-12)28(24,25)20-15-10-13(21)11-16(26-2)19(15,18(23)27-3)9-8-17(20)22/h4-9,15-16H,10-11H2,1-3H3/t15-,16+,19+/m1/s1. The summed E-state index contributed by atoms with van der Waals surface area (Å²) >= 11 is 0. The van der Waals surface area contributed by atoms with Crippen LogP contribution in [0.5, 0.6) is 0 Å². The first-order valence-corrected chi connectivity index (χ1v) is 10.1. The first-order chi connectivity index (χ1) is 13.2. The van der Waals surface area contributed by atoms with Gasteiger partial charge >= 0.3 is 5.97 Å². The van der Waals surface area contributed by atoms with E-state index >= 15 is 0 Å². The van der Waals surface area contributed by atoms with Crippen LogP contribution in [0.25, 0.3) is 0 Å². The second-order valence-corrected chi connectivity index (χ2v) is 8.71. The van der Waals surface area contributed by atoms with Crippen LogP contribution in [0.15, 0.2) is 41.3 Å². The number of ether oxygens (including phenoxy) is 2. The van der Waals surface area contributed by atoms with Crippen molar-refractivity contribution in [2.24, 2.45) is 5.41 Å². The number of amides is 1. The molecule has 3 rings (SSSR count). The van der Waals surface area contributed by atoms with Gasteiger partial charge < -0.3 is 9.47 Å². The third-order valence-corrected chi connectivity index (χ3v) is 7.14. The summed E-state index contributed by atoms with van der Waals surface area (Å²) in [5.74, 6) is -1.89. The van der Waals surface area contributed by atoms with E-state index in [9.17, 15) is 22.8 Å². The monoisotopic (exact) mass is 407 g/mol. The Balaban J connectivity index is 2.20. The van der Waals surface area contributed by atoms with Crippen LogP contribution in [0.2, 0.25) is 0 Å². The molecule has 0 radical (unpaired) electrons. The average molecular weight is 407 g/mol. The van der Waals surface area contributed by atoms with Gasteiger partial charge in [0, 0.05) is 26.0 Å². The molecule has 8 nitrogen and oxygen atoms in total. The number of carbonyl (C=O) groups is 3. The predicted molar refractivity (Wildman–Crippen MR) is 97.6 cm³/mol. The number of esters is 1. The van der Waals surface area contributed by atoms with Crippen LogP contribution < -0.4 is 0 Å². The molecule has 9 heteroatoms. The van der Waals surface area contributed by atoms with Gasteiger partial charge in [0.05, 0.1) is 24.2 Å². The van der Waals surface area contributed by atoms with Gasteiger partial charge in [0.2, 0.25) is 0 Å². The van der Waals surface area contributed by atoms with E-state index in [0.29, 0.717) is 4.31 Å². The number of Topliss-reactive ketones (excluding diaryl/α,β-unsaturated/α-hetero) is 1. The number of rotatable bonds is 4. The molecule has 150 valence electrons. The minimum atomic E-state index is -4.32. The molecular formula is C19H21NO7S. The summed E-state index contributed by atoms with van der Waals surface area (Å²) in [7, 11) is -1.82. The van der Waals surface area contributed by atoms with Crippen molar-refractivity contribution >= 4 is 27.7 Å². The molecule has 3 atom stereocenters. The molecule has 1 saturated carbocycles. The predicted octanol–water partition coefficient (Wildman–Crippen LogP) is 0.988. The van der Waals surface area contributed by atoms with Crippen LogP contribution in [0.3, 0.4) is 0 Å². The van der Waals surface area contributed by atoms with Gasteiger partial charge in [0.1, 0.15) is 11.2 Å². The van der Waals surface area contributed by atoms with Crippen molar-refractivity contribution in [3.8, 4) is 0 Å². The highest BCUT2D eigenvalue weighted by atomic mass is 32.2. The Morgan fingerprint density at radius 3 is 2.36 bits per heavy atom. The molecule has 0 N–H and O–H groups in total. The molecule has 0 saturated heterocycles. The Labute approximate surface area is 163 Å². The van der Waals surface area contributed by atoms with Gasteiger partial charge in [0.25, 0.3) is 15.9 Å². The van der Waals surface area contributed by atoms with Crippen molar-refractivity contribution in [3.63, 3.8) is 0 Å². The normalized spacial score (nSPS) is 27.5. The first kappa shape index (κ1) is 20.2. The zero-order valence-corrected chi connectivity index (χ0v) is 16.6. The second-order valence-electron chi connectivity index (χ2n) is 6.90. The Morgan fingerprint density at radius 2 is 1.79 bits per heavy atom. The zero-order valence-electron chi connectivity index (χ0n) is 15.7. The molecule has 1 amide bonds. The summed E-state index contributed by atoms with van der Waals surface area (Å²) in [6, 6.07) is 4.71. The van der Waals surface area contributed by atoms with Gasteiger partial charge in [-0.25, -0.2) is 12.7 Å². The van der Waals surface area contributed by atoms with Crippen molar-refractivity contribution in [2.75, 3.05) is 14.2 Å². The molecule has 0 bridgehead atoms. The SMILES string of the molecule is COC(=O)[C@@]12C=CC(=O)N(S(=O)(=O)c3ccc(C)cc3)[C@@H]1CC(=O)C[C@@H]2OC. The van der Waals surface area contributed by atoms with Crippen molar-refractivity contribution in [1.29, 1.82) is 0 Å². The lowest BCUT2D eigenvalue weighted by atomic mass is 9.66. The van der Waals surface area contributed by atoms with E-state index in [2.05, 4.69) is 0 Å². The molecule has 0 spiro atoms. The quantitative estimate of drug-likeness (QED) is 0.685. The second kappa shape index (κ2) is 7.14. The Morgan fingerprint density at radius 1 is 1.14 bits per heavy atom. The number of ketones is 1. The van der Waals surface area contributed by atoms with Crippen molar-refractivity contribution in [2.45, 2.75) is 36.8 Å². The summed E-state index contributed by atoms with van der Waals surface area (Å²) in [6.07, 6.45) is 1.01. The minimum absolute atomic E-state index is 0.0843. The van der Waals surface area contributed by atoms with Crippen LogP contribution >= 0.6 is 0 Å². The largest absolute Gasteiger partial charge is 0.468 e. The Bertz CT molecular complexity index is 951. The van der Waals surface area contributed by atoms with Crippen LogP contribution in [0.1, 0.15) is 18.4 Å². The van der Waals surface area contributed by atoms with Crippen LogP contribution in [0.4, 0.5) is 0 Å². The maximum absolute atomic E-state index is 13.3. The number of methoxy groups -OCH3 is 2. The number of hydrogen-bond acceptors (Lipinski definition) is 7. The van der Waals surface area contributed by atoms with E-state index in [1.165, 1.54) is 32.4 Å². The fourth-order valence-corrected chi connectivity index (χ4v) is 5.48. The molecule has 0 unspecified atom stereocenters. The average Bonchev–Trinajstić information content (AvgIpc) is 2.66. The smallest absolute Gasteiger partial charge is 0.320 e.